The SMILES string of the molecule is c1ccc(-c2ccccc2-c2ccc(N(c3ccc(-c4cccc5ccccc45)cc3)c3cc4oc5c6ccccc6ccc5c4cn3)cc2)cc1. The quantitative estimate of drug-likeness (QED) is 0.177. The van der Waals surface area contributed by atoms with Crippen LogP contribution in [0.2, 0.25) is 0 Å². The van der Waals surface area contributed by atoms with Gasteiger partial charge in [0.1, 0.15) is 17.0 Å². The minimum Gasteiger partial charge on any atom is -0.455 e. The molecule has 0 amide bonds. The summed E-state index contributed by atoms with van der Waals surface area (Å²) in [6, 6.07) is 66.5. The van der Waals surface area contributed by atoms with Crippen molar-refractivity contribution in [2.45, 2.75) is 0 Å². The van der Waals surface area contributed by atoms with Gasteiger partial charge in [-0.15, -0.1) is 0 Å². The molecule has 10 aromatic rings. The van der Waals surface area contributed by atoms with Gasteiger partial charge in [0.25, 0.3) is 0 Å². The zero-order valence-corrected chi connectivity index (χ0v) is 28.3. The molecule has 0 radical (unpaired) electrons. The van der Waals surface area contributed by atoms with E-state index in [1.165, 1.54) is 38.6 Å². The van der Waals surface area contributed by atoms with Crippen molar-refractivity contribution in [1.29, 1.82) is 0 Å². The second-order valence-corrected chi connectivity index (χ2v) is 13.2. The fraction of sp³-hybridized carbons (Fsp3) is 0. The highest BCUT2D eigenvalue weighted by Gasteiger charge is 2.19. The maximum absolute atomic E-state index is 6.61. The Morgan fingerprint density at radius 2 is 0.923 bits per heavy atom. The first-order valence-corrected chi connectivity index (χ1v) is 17.6. The predicted molar refractivity (Wildman–Crippen MR) is 218 cm³/mol. The van der Waals surface area contributed by atoms with Crippen molar-refractivity contribution >= 4 is 60.7 Å². The number of rotatable bonds is 6. The molecule has 0 unspecified atom stereocenters. The number of aromatic nitrogens is 1. The monoisotopic (exact) mass is 664 g/mol. The maximum atomic E-state index is 6.61. The number of anilines is 3. The molecule has 3 heteroatoms. The standard InChI is InChI=1S/C49H32N2O/c1-2-11-33(12-3-1)40-17-8-9-18-42(40)36-21-26-38(27-22-36)51(39-28-23-37(24-29-39)43-20-10-15-34-13-4-6-16-41(34)43)48-31-47-46(32-50-48)45-30-25-35-14-5-7-19-44(35)49(45)52-47/h1-32H. The molecule has 0 spiro atoms. The molecule has 244 valence electrons. The van der Waals surface area contributed by atoms with Crippen molar-refractivity contribution in [3.05, 3.63) is 194 Å². The molecule has 0 atom stereocenters. The van der Waals surface area contributed by atoms with Crippen LogP contribution in [0.3, 0.4) is 0 Å². The Kier molecular flexibility index (Phi) is 7.14. The normalized spacial score (nSPS) is 11.5. The first kappa shape index (κ1) is 29.9. The number of hydrogen-bond acceptors (Lipinski definition) is 3. The molecular formula is C49H32N2O. The number of fused-ring (bicyclic) bond motifs is 6. The average Bonchev–Trinajstić information content (AvgIpc) is 3.60. The van der Waals surface area contributed by atoms with Crippen molar-refractivity contribution in [3.63, 3.8) is 0 Å². The molecule has 0 aliphatic rings. The third-order valence-electron chi connectivity index (χ3n) is 10.1. The molecule has 0 bridgehead atoms. The van der Waals surface area contributed by atoms with E-state index in [1.54, 1.807) is 0 Å². The van der Waals surface area contributed by atoms with Crippen molar-refractivity contribution in [3.8, 4) is 33.4 Å². The highest BCUT2D eigenvalue weighted by molar-refractivity contribution is 6.15. The molecule has 0 aliphatic heterocycles. The fourth-order valence-electron chi connectivity index (χ4n) is 7.59. The largest absolute Gasteiger partial charge is 0.455 e. The lowest BCUT2D eigenvalue weighted by Crippen LogP contribution is -2.11. The van der Waals surface area contributed by atoms with E-state index in [4.69, 9.17) is 9.40 Å². The van der Waals surface area contributed by atoms with Gasteiger partial charge in [-0.2, -0.15) is 0 Å². The Labute approximate surface area is 301 Å². The minimum atomic E-state index is 0.784. The van der Waals surface area contributed by atoms with Gasteiger partial charge in [-0.05, 0) is 79.9 Å². The van der Waals surface area contributed by atoms with Gasteiger partial charge >= 0.3 is 0 Å². The molecule has 0 N–H and O–H groups in total. The van der Waals surface area contributed by atoms with Crippen LogP contribution < -0.4 is 4.90 Å². The lowest BCUT2D eigenvalue weighted by molar-refractivity contribution is 0.672. The average molecular weight is 665 g/mol. The van der Waals surface area contributed by atoms with Crippen LogP contribution in [0.4, 0.5) is 17.2 Å². The van der Waals surface area contributed by atoms with Gasteiger partial charge in [0, 0.05) is 39.8 Å². The Hall–Kier alpha value is -6.97. The number of hydrogen-bond donors (Lipinski definition) is 0. The van der Waals surface area contributed by atoms with Crippen molar-refractivity contribution < 1.29 is 4.42 Å². The van der Waals surface area contributed by atoms with Crippen LogP contribution in [0.5, 0.6) is 0 Å². The maximum Gasteiger partial charge on any atom is 0.143 e. The molecule has 2 aromatic heterocycles. The smallest absolute Gasteiger partial charge is 0.143 e. The number of nitrogens with zero attached hydrogens (tertiary/aromatic N) is 2. The van der Waals surface area contributed by atoms with E-state index in [1.807, 2.05) is 6.20 Å². The lowest BCUT2D eigenvalue weighted by Gasteiger charge is -2.25. The van der Waals surface area contributed by atoms with Gasteiger partial charge in [-0.1, -0.05) is 152 Å². The molecule has 2 heterocycles. The van der Waals surface area contributed by atoms with E-state index in [9.17, 15) is 0 Å². The van der Waals surface area contributed by atoms with Crippen LogP contribution >= 0.6 is 0 Å². The molecule has 52 heavy (non-hydrogen) atoms. The topological polar surface area (TPSA) is 29.3 Å². The third kappa shape index (κ3) is 5.10. The summed E-state index contributed by atoms with van der Waals surface area (Å²) in [5.74, 6) is 0.784. The molecule has 0 saturated carbocycles. The second kappa shape index (κ2) is 12.4. The first-order valence-electron chi connectivity index (χ1n) is 17.6. The summed E-state index contributed by atoms with van der Waals surface area (Å²) in [5, 5.41) is 6.80. The van der Waals surface area contributed by atoms with Crippen LogP contribution in [0.25, 0.3) is 76.9 Å². The molecule has 0 fully saturated rings. The van der Waals surface area contributed by atoms with E-state index in [0.717, 1.165) is 55.5 Å². The summed E-state index contributed by atoms with van der Waals surface area (Å²) in [5.41, 5.74) is 10.9. The van der Waals surface area contributed by atoms with Crippen LogP contribution in [0.1, 0.15) is 0 Å². The van der Waals surface area contributed by atoms with Crippen LogP contribution in [-0.4, -0.2) is 4.98 Å². The Morgan fingerprint density at radius 3 is 1.63 bits per heavy atom. The van der Waals surface area contributed by atoms with Gasteiger partial charge < -0.3 is 4.42 Å². The number of benzene rings is 8. The summed E-state index contributed by atoms with van der Waals surface area (Å²) >= 11 is 0. The van der Waals surface area contributed by atoms with E-state index in [2.05, 4.69) is 193 Å². The number of furan rings is 1. The summed E-state index contributed by atoms with van der Waals surface area (Å²) in [7, 11) is 0. The summed E-state index contributed by atoms with van der Waals surface area (Å²) in [4.78, 5) is 7.30. The van der Waals surface area contributed by atoms with Crippen molar-refractivity contribution in [2.24, 2.45) is 0 Å². The highest BCUT2D eigenvalue weighted by Crippen LogP contribution is 2.41. The fourth-order valence-corrected chi connectivity index (χ4v) is 7.59. The van der Waals surface area contributed by atoms with Crippen molar-refractivity contribution in [2.75, 3.05) is 4.90 Å². The van der Waals surface area contributed by atoms with E-state index >= 15 is 0 Å². The predicted octanol–water partition coefficient (Wildman–Crippen LogP) is 13.8. The molecule has 3 nitrogen and oxygen atoms in total. The van der Waals surface area contributed by atoms with E-state index in [-0.39, 0.29) is 0 Å². The van der Waals surface area contributed by atoms with Crippen LogP contribution in [0.15, 0.2) is 199 Å². The van der Waals surface area contributed by atoms with Gasteiger partial charge in [0.15, 0.2) is 0 Å². The van der Waals surface area contributed by atoms with E-state index in [0.29, 0.717) is 0 Å². The second-order valence-electron chi connectivity index (χ2n) is 13.2. The van der Waals surface area contributed by atoms with Crippen molar-refractivity contribution in [1.82, 2.24) is 4.98 Å². The summed E-state index contributed by atoms with van der Waals surface area (Å²) in [6.45, 7) is 0. The zero-order valence-electron chi connectivity index (χ0n) is 28.3. The summed E-state index contributed by atoms with van der Waals surface area (Å²) in [6.07, 6.45) is 1.95. The van der Waals surface area contributed by atoms with Gasteiger partial charge in [0.05, 0.1) is 0 Å². The minimum absolute atomic E-state index is 0.784. The van der Waals surface area contributed by atoms with Gasteiger partial charge in [-0.25, -0.2) is 4.98 Å². The molecule has 8 aromatic carbocycles. The molecule has 0 aliphatic carbocycles. The first-order chi connectivity index (χ1) is 25.8. The molecule has 10 rings (SSSR count). The van der Waals surface area contributed by atoms with E-state index < -0.39 is 0 Å². The van der Waals surface area contributed by atoms with Gasteiger partial charge in [0.2, 0.25) is 0 Å². The molecule has 0 saturated heterocycles. The van der Waals surface area contributed by atoms with Crippen LogP contribution in [-0.2, 0) is 0 Å². The third-order valence-corrected chi connectivity index (χ3v) is 10.1. The zero-order chi connectivity index (χ0) is 34.4. The van der Waals surface area contributed by atoms with Crippen LogP contribution in [0, 0.1) is 0 Å². The number of pyridine rings is 1. The molecular weight excluding hydrogens is 633 g/mol. The Bertz CT molecular complexity index is 2880. The highest BCUT2D eigenvalue weighted by atomic mass is 16.3. The van der Waals surface area contributed by atoms with Gasteiger partial charge in [-0.3, -0.25) is 4.90 Å². The lowest BCUT2D eigenvalue weighted by atomic mass is 9.94. The Balaban J connectivity index is 1.10. The summed E-state index contributed by atoms with van der Waals surface area (Å²) < 4.78 is 6.61. The Morgan fingerprint density at radius 1 is 0.385 bits per heavy atom.